The monoisotopic (exact) mass is 429 g/mol. The summed E-state index contributed by atoms with van der Waals surface area (Å²) in [6.07, 6.45) is 6.50. The molecule has 3 atom stereocenters. The molecule has 2 amide bonds. The van der Waals surface area contributed by atoms with Crippen molar-refractivity contribution in [1.82, 2.24) is 9.80 Å². The highest BCUT2D eigenvalue weighted by atomic mass is 16.5. The van der Waals surface area contributed by atoms with Crippen molar-refractivity contribution in [3.8, 4) is 11.5 Å². The van der Waals surface area contributed by atoms with Crippen LogP contribution in [0.15, 0.2) is 18.2 Å². The van der Waals surface area contributed by atoms with Gasteiger partial charge in [-0.2, -0.15) is 0 Å². The van der Waals surface area contributed by atoms with E-state index in [-0.39, 0.29) is 24.2 Å². The van der Waals surface area contributed by atoms with E-state index in [1.807, 2.05) is 24.1 Å². The Hall–Kier alpha value is -2.28. The van der Waals surface area contributed by atoms with Crippen molar-refractivity contribution in [3.63, 3.8) is 0 Å². The third-order valence-corrected chi connectivity index (χ3v) is 7.27. The Morgan fingerprint density at radius 2 is 1.94 bits per heavy atom. The molecule has 1 aromatic rings. The molecular weight excluding hydrogens is 394 g/mol. The number of methoxy groups -OCH3 is 2. The maximum atomic E-state index is 13.2. The van der Waals surface area contributed by atoms with Gasteiger partial charge in [-0.15, -0.1) is 0 Å². The van der Waals surface area contributed by atoms with E-state index >= 15 is 0 Å². The lowest BCUT2D eigenvalue weighted by molar-refractivity contribution is -0.135. The van der Waals surface area contributed by atoms with E-state index in [1.165, 1.54) is 45.2 Å². The number of ether oxygens (including phenoxy) is 2. The second-order valence-electron chi connectivity index (χ2n) is 9.16. The molecule has 1 aromatic carbocycles. The summed E-state index contributed by atoms with van der Waals surface area (Å²) in [5.74, 6) is 1.52. The summed E-state index contributed by atoms with van der Waals surface area (Å²) in [5, 5.41) is 0. The second kappa shape index (κ2) is 9.47. The number of rotatable bonds is 6. The third-order valence-electron chi connectivity index (χ3n) is 7.27. The molecule has 170 valence electrons. The van der Waals surface area contributed by atoms with Gasteiger partial charge < -0.3 is 24.2 Å². The van der Waals surface area contributed by atoms with E-state index in [4.69, 9.17) is 9.47 Å². The minimum absolute atomic E-state index is 0.0358. The summed E-state index contributed by atoms with van der Waals surface area (Å²) in [7, 11) is 5.08. The van der Waals surface area contributed by atoms with Crippen LogP contribution in [0.2, 0.25) is 0 Å². The lowest BCUT2D eigenvalue weighted by Gasteiger charge is -2.45. The normalized spacial score (nSPS) is 26.5. The zero-order valence-electron chi connectivity index (χ0n) is 19.0. The fourth-order valence-corrected chi connectivity index (χ4v) is 5.66. The van der Waals surface area contributed by atoms with Gasteiger partial charge in [0.05, 0.1) is 25.8 Å². The zero-order chi connectivity index (χ0) is 22.0. The van der Waals surface area contributed by atoms with Crippen molar-refractivity contribution in [2.24, 2.45) is 11.8 Å². The Morgan fingerprint density at radius 3 is 2.71 bits per heavy atom. The van der Waals surface area contributed by atoms with Crippen molar-refractivity contribution in [2.45, 2.75) is 44.6 Å². The molecule has 0 bridgehead atoms. The van der Waals surface area contributed by atoms with Crippen LogP contribution in [0.4, 0.5) is 5.69 Å². The maximum Gasteiger partial charge on any atom is 0.227 e. The maximum absolute atomic E-state index is 13.2. The first-order valence-electron chi connectivity index (χ1n) is 11.5. The largest absolute Gasteiger partial charge is 0.497 e. The highest BCUT2D eigenvalue weighted by Crippen LogP contribution is 2.36. The van der Waals surface area contributed by atoms with Crippen LogP contribution in [0.25, 0.3) is 0 Å². The molecule has 0 aliphatic carbocycles. The number of hydrogen-bond donors (Lipinski definition) is 0. The molecule has 0 spiro atoms. The smallest absolute Gasteiger partial charge is 0.227 e. The Morgan fingerprint density at radius 1 is 1.13 bits per heavy atom. The first-order chi connectivity index (χ1) is 15.0. The number of nitrogens with zero attached hydrogens (tertiary/aromatic N) is 3. The highest BCUT2D eigenvalue weighted by Gasteiger charge is 2.39. The molecule has 0 aromatic heterocycles. The Bertz CT molecular complexity index is 812. The van der Waals surface area contributed by atoms with Crippen molar-refractivity contribution in [1.29, 1.82) is 0 Å². The van der Waals surface area contributed by atoms with Gasteiger partial charge in [0.1, 0.15) is 11.5 Å². The SMILES string of the molecule is COc1ccc(N2CC(C(=O)N(C)C[C@@H]3CCCN4CCCC[C@H]34)CC2=O)c(OC)c1. The number of anilines is 1. The summed E-state index contributed by atoms with van der Waals surface area (Å²) in [6.45, 7) is 3.59. The lowest BCUT2D eigenvalue weighted by atomic mass is 9.83. The fourth-order valence-electron chi connectivity index (χ4n) is 5.66. The highest BCUT2D eigenvalue weighted by molar-refractivity contribution is 6.01. The van der Waals surface area contributed by atoms with Gasteiger partial charge >= 0.3 is 0 Å². The minimum atomic E-state index is -0.310. The van der Waals surface area contributed by atoms with Crippen LogP contribution in [-0.2, 0) is 9.59 Å². The topological polar surface area (TPSA) is 62.3 Å². The minimum Gasteiger partial charge on any atom is -0.497 e. The van der Waals surface area contributed by atoms with E-state index in [0.29, 0.717) is 35.7 Å². The van der Waals surface area contributed by atoms with Gasteiger partial charge in [0.2, 0.25) is 11.8 Å². The lowest BCUT2D eigenvalue weighted by Crippen LogP contribution is -2.51. The van der Waals surface area contributed by atoms with Gasteiger partial charge in [-0.25, -0.2) is 0 Å². The summed E-state index contributed by atoms with van der Waals surface area (Å²) in [6, 6.07) is 6.02. The van der Waals surface area contributed by atoms with E-state index < -0.39 is 0 Å². The van der Waals surface area contributed by atoms with Crippen molar-refractivity contribution in [3.05, 3.63) is 18.2 Å². The molecule has 3 fully saturated rings. The number of benzene rings is 1. The van der Waals surface area contributed by atoms with E-state index in [0.717, 1.165) is 6.54 Å². The van der Waals surface area contributed by atoms with Gasteiger partial charge in [-0.1, -0.05) is 6.42 Å². The number of fused-ring (bicyclic) bond motifs is 1. The van der Waals surface area contributed by atoms with Gasteiger partial charge in [0.15, 0.2) is 0 Å². The summed E-state index contributed by atoms with van der Waals surface area (Å²) < 4.78 is 10.7. The summed E-state index contributed by atoms with van der Waals surface area (Å²) in [5.41, 5.74) is 0.691. The molecule has 3 saturated heterocycles. The average molecular weight is 430 g/mol. The quantitative estimate of drug-likeness (QED) is 0.696. The predicted octanol–water partition coefficient (Wildman–Crippen LogP) is 2.78. The fraction of sp³-hybridized carbons (Fsp3) is 0.667. The van der Waals surface area contributed by atoms with Crippen molar-refractivity contribution < 1.29 is 19.1 Å². The van der Waals surface area contributed by atoms with Gasteiger partial charge in [-0.05, 0) is 56.8 Å². The molecule has 0 radical (unpaired) electrons. The number of hydrogen-bond acceptors (Lipinski definition) is 5. The van der Waals surface area contributed by atoms with Crippen LogP contribution in [-0.4, -0.2) is 75.1 Å². The number of piperidine rings is 2. The Balaban J connectivity index is 1.41. The van der Waals surface area contributed by atoms with Crippen molar-refractivity contribution in [2.75, 3.05) is 52.3 Å². The van der Waals surface area contributed by atoms with Crippen LogP contribution in [0.5, 0.6) is 11.5 Å². The van der Waals surface area contributed by atoms with E-state index in [9.17, 15) is 9.59 Å². The molecule has 3 aliphatic rings. The molecule has 0 N–H and O–H groups in total. The number of carbonyl (C=O) groups excluding carboxylic acids is 2. The molecule has 3 heterocycles. The molecule has 31 heavy (non-hydrogen) atoms. The molecule has 3 aliphatic heterocycles. The van der Waals surface area contributed by atoms with E-state index in [2.05, 4.69) is 4.90 Å². The first-order valence-corrected chi connectivity index (χ1v) is 11.5. The van der Waals surface area contributed by atoms with E-state index in [1.54, 1.807) is 25.2 Å². The van der Waals surface area contributed by atoms with Gasteiger partial charge in [-0.3, -0.25) is 9.59 Å². The summed E-state index contributed by atoms with van der Waals surface area (Å²) in [4.78, 5) is 32.2. The third kappa shape index (κ3) is 4.52. The van der Waals surface area contributed by atoms with Crippen LogP contribution in [0, 0.1) is 11.8 Å². The molecule has 7 nitrogen and oxygen atoms in total. The van der Waals surface area contributed by atoms with Crippen LogP contribution in [0.1, 0.15) is 38.5 Å². The van der Waals surface area contributed by atoms with Crippen LogP contribution >= 0.6 is 0 Å². The zero-order valence-corrected chi connectivity index (χ0v) is 19.0. The second-order valence-corrected chi connectivity index (χ2v) is 9.16. The van der Waals surface area contributed by atoms with Crippen molar-refractivity contribution >= 4 is 17.5 Å². The molecular formula is C24H35N3O4. The van der Waals surface area contributed by atoms with Crippen LogP contribution in [0.3, 0.4) is 0 Å². The molecule has 1 unspecified atom stereocenters. The Labute approximate surface area is 185 Å². The average Bonchev–Trinajstić information content (AvgIpc) is 3.19. The number of amides is 2. The predicted molar refractivity (Wildman–Crippen MR) is 120 cm³/mol. The molecule has 0 saturated carbocycles. The number of carbonyl (C=O) groups is 2. The first kappa shape index (κ1) is 21.9. The Kier molecular flexibility index (Phi) is 6.70. The van der Waals surface area contributed by atoms with Gasteiger partial charge in [0.25, 0.3) is 0 Å². The van der Waals surface area contributed by atoms with Gasteiger partial charge in [0, 0.05) is 38.7 Å². The van der Waals surface area contributed by atoms with Crippen LogP contribution < -0.4 is 14.4 Å². The molecule has 7 heteroatoms. The summed E-state index contributed by atoms with van der Waals surface area (Å²) >= 11 is 0. The molecule has 4 rings (SSSR count). The standard InChI is InChI=1S/C24H35N3O4/c1-25(15-17-7-6-12-26-11-5-4-8-20(17)26)24(29)18-13-23(28)27(16-18)21-10-9-19(30-2)14-22(21)31-3/h9-10,14,17-18,20H,4-8,11-13,15-16H2,1-3H3/t17-,18?,20+/m0/s1.